The van der Waals surface area contributed by atoms with E-state index in [1.807, 2.05) is 0 Å². The number of ether oxygens (including phenoxy) is 2. The van der Waals surface area contributed by atoms with Crippen LogP contribution >= 0.6 is 11.3 Å². The van der Waals surface area contributed by atoms with Crippen LogP contribution in [-0.2, 0) is 14.4 Å². The normalized spacial score (nSPS) is 15.1. The molecule has 1 aromatic heterocycles. The van der Waals surface area contributed by atoms with Gasteiger partial charge in [-0.1, -0.05) is 11.3 Å². The van der Waals surface area contributed by atoms with Crippen LogP contribution in [0.2, 0.25) is 0 Å². The number of nitrogens with zero attached hydrogens (tertiary/aromatic N) is 3. The molecule has 4 rings (SSSR count). The van der Waals surface area contributed by atoms with E-state index in [4.69, 9.17) is 4.74 Å². The van der Waals surface area contributed by atoms with E-state index in [0.29, 0.717) is 25.8 Å². The first-order chi connectivity index (χ1) is 16.4. The third kappa shape index (κ3) is 5.01. The van der Waals surface area contributed by atoms with Crippen LogP contribution in [0.4, 0.5) is 23.7 Å². The molecule has 0 spiro atoms. The van der Waals surface area contributed by atoms with Crippen LogP contribution in [0, 0.1) is 5.92 Å². The summed E-state index contributed by atoms with van der Waals surface area (Å²) in [4.78, 5) is 54.4. The maximum Gasteiger partial charge on any atom is 0.573 e. The maximum absolute atomic E-state index is 12.5. The molecule has 0 saturated carbocycles. The molecule has 182 valence electrons. The van der Waals surface area contributed by atoms with Crippen molar-refractivity contribution in [3.63, 3.8) is 0 Å². The van der Waals surface area contributed by atoms with E-state index in [1.54, 1.807) is 0 Å². The smallest absolute Gasteiger partial charge is 0.431 e. The predicted molar refractivity (Wildman–Crippen MR) is 116 cm³/mol. The number of nitrogens with one attached hydrogen (secondary N) is 1. The molecule has 2 heterocycles. The summed E-state index contributed by atoms with van der Waals surface area (Å²) in [5.74, 6) is -4.54. The molecule has 10 nitrogen and oxygen atoms in total. The molecule has 3 aromatic rings. The summed E-state index contributed by atoms with van der Waals surface area (Å²) < 4.78 is 47.2. The van der Waals surface area contributed by atoms with Crippen molar-refractivity contribution in [2.45, 2.75) is 6.36 Å². The molecule has 0 atom stereocenters. The van der Waals surface area contributed by atoms with Crippen molar-refractivity contribution in [2.24, 2.45) is 5.92 Å². The number of rotatable bonds is 5. The third-order valence-electron chi connectivity index (χ3n) is 4.89. The van der Waals surface area contributed by atoms with Crippen molar-refractivity contribution in [3.8, 4) is 16.7 Å². The summed E-state index contributed by atoms with van der Waals surface area (Å²) in [5, 5.41) is 2.61. The minimum Gasteiger partial charge on any atom is -0.431 e. The van der Waals surface area contributed by atoms with Crippen molar-refractivity contribution in [3.05, 3.63) is 42.5 Å². The summed E-state index contributed by atoms with van der Waals surface area (Å²) in [7, 11) is 2.35. The second-order valence-corrected chi connectivity index (χ2v) is 8.28. The van der Waals surface area contributed by atoms with Crippen LogP contribution in [0.25, 0.3) is 10.2 Å². The number of hydrogen-bond acceptors (Lipinski definition) is 8. The van der Waals surface area contributed by atoms with Gasteiger partial charge in [0.1, 0.15) is 11.5 Å². The number of thiazole rings is 1. The zero-order valence-electron chi connectivity index (χ0n) is 18.0. The van der Waals surface area contributed by atoms with E-state index in [1.165, 1.54) is 50.5 Å². The zero-order valence-corrected chi connectivity index (χ0v) is 18.8. The van der Waals surface area contributed by atoms with Crippen molar-refractivity contribution >= 4 is 51.0 Å². The number of fused-ring (bicyclic) bond motifs is 1. The summed E-state index contributed by atoms with van der Waals surface area (Å²) >= 11 is 1.00. The van der Waals surface area contributed by atoms with Gasteiger partial charge in [-0.05, 0) is 36.4 Å². The predicted octanol–water partition coefficient (Wildman–Crippen LogP) is 3.59. The molecule has 1 saturated heterocycles. The Bertz CT molecular complexity index is 1320. The van der Waals surface area contributed by atoms with Gasteiger partial charge in [-0.3, -0.25) is 24.2 Å². The number of hydrogen-bond donors (Lipinski definition) is 1. The summed E-state index contributed by atoms with van der Waals surface area (Å²) in [6.07, 6.45) is -4.81. The van der Waals surface area contributed by atoms with Crippen molar-refractivity contribution in [2.75, 3.05) is 19.4 Å². The van der Waals surface area contributed by atoms with Gasteiger partial charge in [-0.15, -0.1) is 13.2 Å². The van der Waals surface area contributed by atoms with E-state index in [-0.39, 0.29) is 16.6 Å². The number of halogens is 3. The van der Waals surface area contributed by atoms with Gasteiger partial charge in [-0.2, -0.15) is 0 Å². The van der Waals surface area contributed by atoms with E-state index in [0.717, 1.165) is 17.4 Å². The zero-order chi connectivity index (χ0) is 25.5. The average molecular weight is 508 g/mol. The number of alkyl halides is 3. The van der Waals surface area contributed by atoms with Crippen molar-refractivity contribution in [1.82, 2.24) is 14.8 Å². The number of anilines is 1. The van der Waals surface area contributed by atoms with E-state index < -0.39 is 36.0 Å². The average Bonchev–Trinajstić information content (AvgIpc) is 3.18. The van der Waals surface area contributed by atoms with Gasteiger partial charge in [0.15, 0.2) is 5.92 Å². The van der Waals surface area contributed by atoms with Crippen LogP contribution in [0.5, 0.6) is 16.7 Å². The highest BCUT2D eigenvalue weighted by Gasteiger charge is 2.46. The van der Waals surface area contributed by atoms with Gasteiger partial charge >= 0.3 is 12.4 Å². The molecule has 0 aliphatic carbocycles. The number of urea groups is 1. The lowest BCUT2D eigenvalue weighted by molar-refractivity contribution is -0.274. The number of carbonyl (C=O) groups is 4. The molecule has 1 N–H and O–H groups in total. The Kier molecular flexibility index (Phi) is 6.06. The van der Waals surface area contributed by atoms with Crippen molar-refractivity contribution < 1.29 is 41.8 Å². The van der Waals surface area contributed by atoms with Gasteiger partial charge in [0.25, 0.3) is 17.0 Å². The first-order valence-corrected chi connectivity index (χ1v) is 10.6. The lowest BCUT2D eigenvalue weighted by Crippen LogP contribution is -2.59. The lowest BCUT2D eigenvalue weighted by Gasteiger charge is -2.32. The van der Waals surface area contributed by atoms with Gasteiger partial charge in [0, 0.05) is 25.8 Å². The molecule has 14 heteroatoms. The molecule has 1 fully saturated rings. The van der Waals surface area contributed by atoms with Gasteiger partial charge < -0.3 is 14.8 Å². The fourth-order valence-corrected chi connectivity index (χ4v) is 4.04. The van der Waals surface area contributed by atoms with E-state index >= 15 is 0 Å². The molecule has 2 aromatic carbocycles. The molecule has 0 bridgehead atoms. The molecule has 1 aliphatic rings. The molecule has 0 unspecified atom stereocenters. The summed E-state index contributed by atoms with van der Waals surface area (Å²) in [5.41, 5.74) is 0.669. The minimum absolute atomic E-state index is 0.162. The molecule has 35 heavy (non-hydrogen) atoms. The largest absolute Gasteiger partial charge is 0.573 e. The fourth-order valence-electron chi connectivity index (χ4n) is 3.18. The highest BCUT2D eigenvalue weighted by atomic mass is 32.1. The summed E-state index contributed by atoms with van der Waals surface area (Å²) in [6, 6.07) is 8.74. The van der Waals surface area contributed by atoms with E-state index in [9.17, 15) is 32.3 Å². The van der Waals surface area contributed by atoms with Crippen LogP contribution in [-0.4, -0.2) is 59.0 Å². The number of barbiturate groups is 1. The Morgan fingerprint density at radius 1 is 1.00 bits per heavy atom. The third-order valence-corrected chi connectivity index (χ3v) is 5.79. The minimum atomic E-state index is -4.81. The van der Waals surface area contributed by atoms with Crippen LogP contribution in [0.15, 0.2) is 42.5 Å². The number of imide groups is 2. The van der Waals surface area contributed by atoms with E-state index in [2.05, 4.69) is 15.0 Å². The second kappa shape index (κ2) is 8.87. The Morgan fingerprint density at radius 3 is 2.20 bits per heavy atom. The standard InChI is InChI=1S/C21H15F3N4O6S/c1-27-17(30)15(18(31)28(2)20(27)32)16(29)25-10-3-5-11(6-4-10)33-19-26-13-8-7-12(9-14(13)35-19)34-21(22,23)24/h3-9,15H,1-2H3,(H,25,29). The Hall–Kier alpha value is -4.20. The Labute approximate surface area is 198 Å². The Morgan fingerprint density at radius 2 is 1.60 bits per heavy atom. The quantitative estimate of drug-likeness (QED) is 0.524. The first kappa shape index (κ1) is 23.9. The second-order valence-electron chi connectivity index (χ2n) is 7.28. The topological polar surface area (TPSA) is 118 Å². The first-order valence-electron chi connectivity index (χ1n) is 9.77. The van der Waals surface area contributed by atoms with Crippen LogP contribution < -0.4 is 14.8 Å². The monoisotopic (exact) mass is 508 g/mol. The van der Waals surface area contributed by atoms with Gasteiger partial charge in [-0.25, -0.2) is 9.78 Å². The highest BCUT2D eigenvalue weighted by molar-refractivity contribution is 7.20. The molecule has 1 aliphatic heterocycles. The lowest BCUT2D eigenvalue weighted by atomic mass is 10.0. The number of carbonyl (C=O) groups excluding carboxylic acids is 4. The van der Waals surface area contributed by atoms with Gasteiger partial charge in [0.05, 0.1) is 10.2 Å². The van der Waals surface area contributed by atoms with Crippen molar-refractivity contribution in [1.29, 1.82) is 0 Å². The van der Waals surface area contributed by atoms with Crippen LogP contribution in [0.3, 0.4) is 0 Å². The SMILES string of the molecule is CN1C(=O)C(C(=O)Nc2ccc(Oc3nc4ccc(OC(F)(F)F)cc4s3)cc2)C(=O)N(C)C1=O. The molecule has 0 radical (unpaired) electrons. The number of aromatic nitrogens is 1. The fraction of sp³-hybridized carbons (Fsp3) is 0.190. The Balaban J connectivity index is 1.43. The number of benzene rings is 2. The number of amides is 5. The summed E-state index contributed by atoms with van der Waals surface area (Å²) in [6.45, 7) is 0. The highest BCUT2D eigenvalue weighted by Crippen LogP contribution is 2.35. The molecular weight excluding hydrogens is 493 g/mol. The maximum atomic E-state index is 12.5. The molecule has 5 amide bonds. The van der Waals surface area contributed by atoms with Gasteiger partial charge in [0.2, 0.25) is 5.91 Å². The molecular formula is C21H15F3N4O6S. The van der Waals surface area contributed by atoms with Crippen LogP contribution in [0.1, 0.15) is 0 Å².